The first kappa shape index (κ1) is 14.9. The molecule has 0 unspecified atom stereocenters. The number of fused-ring (bicyclic) bond motifs is 1. The summed E-state index contributed by atoms with van der Waals surface area (Å²) in [4.78, 5) is 12.0. The van der Waals surface area contributed by atoms with Gasteiger partial charge in [0, 0.05) is 11.0 Å². The average Bonchev–Trinajstić information content (AvgIpc) is 2.60. The van der Waals surface area contributed by atoms with Gasteiger partial charge in [-0.15, -0.1) is 10.6 Å². The summed E-state index contributed by atoms with van der Waals surface area (Å²) in [5.74, 6) is 0.0363. The first-order chi connectivity index (χ1) is 9.17. The van der Waals surface area contributed by atoms with E-state index in [-0.39, 0.29) is 6.61 Å². The molecule has 5 nitrogen and oxygen atoms in total. The fourth-order valence-corrected chi connectivity index (χ4v) is 3.00. The van der Waals surface area contributed by atoms with Gasteiger partial charge in [-0.2, -0.15) is 0 Å². The molecular formula is C14H18O5S. The fourth-order valence-electron chi connectivity index (χ4n) is 1.77. The SMILES string of the molecule is CC(C)(C)OC(=O)COc1ccc2c(c1)C=CS2(O)O. The van der Waals surface area contributed by atoms with Crippen molar-refractivity contribution in [1.82, 2.24) is 0 Å². The second kappa shape index (κ2) is 5.12. The van der Waals surface area contributed by atoms with E-state index in [0.717, 1.165) is 0 Å². The van der Waals surface area contributed by atoms with Gasteiger partial charge in [0.15, 0.2) is 6.61 Å². The van der Waals surface area contributed by atoms with Gasteiger partial charge in [-0.25, -0.2) is 4.79 Å². The van der Waals surface area contributed by atoms with Crippen molar-refractivity contribution in [1.29, 1.82) is 0 Å². The number of hydrogen-bond acceptors (Lipinski definition) is 5. The minimum absolute atomic E-state index is 0.185. The van der Waals surface area contributed by atoms with Crippen LogP contribution in [-0.4, -0.2) is 27.3 Å². The van der Waals surface area contributed by atoms with Gasteiger partial charge in [-0.3, -0.25) is 9.11 Å². The molecule has 1 aromatic rings. The van der Waals surface area contributed by atoms with Crippen molar-refractivity contribution in [3.63, 3.8) is 0 Å². The van der Waals surface area contributed by atoms with Crippen molar-refractivity contribution < 1.29 is 23.4 Å². The molecule has 1 aromatic carbocycles. The van der Waals surface area contributed by atoms with Gasteiger partial charge in [0.05, 0.1) is 4.90 Å². The van der Waals surface area contributed by atoms with E-state index < -0.39 is 22.2 Å². The van der Waals surface area contributed by atoms with E-state index in [0.29, 0.717) is 16.2 Å². The highest BCUT2D eigenvalue weighted by Crippen LogP contribution is 2.56. The quantitative estimate of drug-likeness (QED) is 0.835. The van der Waals surface area contributed by atoms with Gasteiger partial charge in [-0.05, 0) is 45.0 Å². The molecule has 0 radical (unpaired) electrons. The number of ether oxygens (including phenoxy) is 2. The lowest BCUT2D eigenvalue weighted by molar-refractivity contribution is -0.157. The zero-order valence-electron chi connectivity index (χ0n) is 11.6. The van der Waals surface area contributed by atoms with E-state index in [1.54, 1.807) is 45.0 Å². The van der Waals surface area contributed by atoms with E-state index in [9.17, 15) is 13.9 Å². The van der Waals surface area contributed by atoms with Crippen LogP contribution >= 0.6 is 10.6 Å². The molecule has 0 saturated carbocycles. The summed E-state index contributed by atoms with van der Waals surface area (Å²) in [7, 11) is -2.81. The predicted octanol–water partition coefficient (Wildman–Crippen LogP) is 3.50. The molecule has 2 rings (SSSR count). The second-order valence-electron chi connectivity index (χ2n) is 5.47. The molecule has 0 bridgehead atoms. The fraction of sp³-hybridized carbons (Fsp3) is 0.357. The normalized spacial score (nSPS) is 17.4. The molecule has 110 valence electrons. The van der Waals surface area contributed by atoms with Crippen molar-refractivity contribution in [3.8, 4) is 5.75 Å². The third kappa shape index (κ3) is 3.53. The van der Waals surface area contributed by atoms with E-state index in [2.05, 4.69) is 0 Å². The highest BCUT2D eigenvalue weighted by molar-refractivity contribution is 8.27. The molecule has 0 fully saturated rings. The Kier molecular flexibility index (Phi) is 3.82. The maximum Gasteiger partial charge on any atom is 0.344 e. The van der Waals surface area contributed by atoms with Gasteiger partial charge in [0.25, 0.3) is 0 Å². The maximum absolute atomic E-state index is 11.5. The van der Waals surface area contributed by atoms with Crippen LogP contribution in [0.25, 0.3) is 6.08 Å². The van der Waals surface area contributed by atoms with Crippen molar-refractivity contribution in [2.75, 3.05) is 6.61 Å². The highest BCUT2D eigenvalue weighted by atomic mass is 32.3. The minimum atomic E-state index is -2.81. The summed E-state index contributed by atoms with van der Waals surface area (Å²) < 4.78 is 29.9. The number of rotatable bonds is 3. The van der Waals surface area contributed by atoms with E-state index in [1.807, 2.05) is 0 Å². The summed E-state index contributed by atoms with van der Waals surface area (Å²) in [5, 5.41) is 1.37. The largest absolute Gasteiger partial charge is 0.482 e. The van der Waals surface area contributed by atoms with Crippen LogP contribution in [0.4, 0.5) is 0 Å². The van der Waals surface area contributed by atoms with Gasteiger partial charge in [0.1, 0.15) is 11.4 Å². The Balaban J connectivity index is 1.99. The lowest BCUT2D eigenvalue weighted by Crippen LogP contribution is -2.27. The van der Waals surface area contributed by atoms with Crippen molar-refractivity contribution in [3.05, 3.63) is 29.2 Å². The molecule has 0 aromatic heterocycles. The summed E-state index contributed by atoms with van der Waals surface area (Å²) >= 11 is 0. The lowest BCUT2D eigenvalue weighted by Gasteiger charge is -2.25. The van der Waals surface area contributed by atoms with Crippen LogP contribution in [0.1, 0.15) is 26.3 Å². The van der Waals surface area contributed by atoms with E-state index >= 15 is 0 Å². The molecule has 1 aliphatic rings. The Bertz CT molecular complexity index is 557. The van der Waals surface area contributed by atoms with Gasteiger partial charge >= 0.3 is 5.97 Å². The van der Waals surface area contributed by atoms with Crippen LogP contribution < -0.4 is 4.74 Å². The Morgan fingerprint density at radius 1 is 1.30 bits per heavy atom. The summed E-state index contributed by atoms with van der Waals surface area (Å²) in [6, 6.07) is 4.86. The molecule has 0 amide bonds. The molecule has 6 heteroatoms. The van der Waals surface area contributed by atoms with E-state index in [1.165, 1.54) is 5.41 Å². The summed E-state index contributed by atoms with van der Waals surface area (Å²) in [6.45, 7) is 5.18. The van der Waals surface area contributed by atoms with Gasteiger partial charge < -0.3 is 9.47 Å². The zero-order chi connectivity index (χ0) is 15.0. The first-order valence-corrected chi connectivity index (χ1v) is 7.73. The summed E-state index contributed by atoms with van der Waals surface area (Å²) in [5.41, 5.74) is 0.143. The van der Waals surface area contributed by atoms with Crippen LogP contribution in [0.15, 0.2) is 28.5 Å². The molecule has 0 spiro atoms. The van der Waals surface area contributed by atoms with Crippen molar-refractivity contribution >= 4 is 22.6 Å². The number of carbonyl (C=O) groups is 1. The number of esters is 1. The Hall–Kier alpha value is -1.50. The number of hydrogen-bond donors (Lipinski definition) is 2. The minimum Gasteiger partial charge on any atom is -0.482 e. The van der Waals surface area contributed by atoms with Gasteiger partial charge in [-0.1, -0.05) is 0 Å². The lowest BCUT2D eigenvalue weighted by atomic mass is 10.2. The summed E-state index contributed by atoms with van der Waals surface area (Å²) in [6.07, 6.45) is 1.63. The highest BCUT2D eigenvalue weighted by Gasteiger charge is 2.22. The maximum atomic E-state index is 11.5. The molecule has 2 N–H and O–H groups in total. The third-order valence-electron chi connectivity index (χ3n) is 2.52. The van der Waals surface area contributed by atoms with Crippen LogP contribution in [0.2, 0.25) is 0 Å². The topological polar surface area (TPSA) is 76.0 Å². The predicted molar refractivity (Wildman–Crippen MR) is 77.9 cm³/mol. The second-order valence-corrected chi connectivity index (χ2v) is 7.37. The van der Waals surface area contributed by atoms with Crippen molar-refractivity contribution in [2.24, 2.45) is 0 Å². The third-order valence-corrected chi connectivity index (χ3v) is 4.05. The van der Waals surface area contributed by atoms with Crippen LogP contribution in [0, 0.1) is 0 Å². The number of benzene rings is 1. The molecule has 20 heavy (non-hydrogen) atoms. The standard InChI is InChI=1S/C14H18O5S/c1-14(2,3)19-13(15)9-18-11-4-5-12-10(8-11)6-7-20(12,16)17/h4-8,16-17H,9H2,1-3H3. The Morgan fingerprint density at radius 2 is 2.00 bits per heavy atom. The zero-order valence-corrected chi connectivity index (χ0v) is 12.4. The smallest absolute Gasteiger partial charge is 0.344 e. The Morgan fingerprint density at radius 3 is 2.65 bits per heavy atom. The van der Waals surface area contributed by atoms with Crippen LogP contribution in [0.3, 0.4) is 0 Å². The molecule has 0 aliphatic carbocycles. The molecule has 0 saturated heterocycles. The van der Waals surface area contributed by atoms with Crippen molar-refractivity contribution in [2.45, 2.75) is 31.3 Å². The van der Waals surface area contributed by atoms with E-state index in [4.69, 9.17) is 9.47 Å². The average molecular weight is 298 g/mol. The van der Waals surface area contributed by atoms with Gasteiger partial charge in [0.2, 0.25) is 0 Å². The monoisotopic (exact) mass is 298 g/mol. The molecule has 1 aliphatic heterocycles. The first-order valence-electron chi connectivity index (χ1n) is 6.12. The number of carbonyl (C=O) groups excluding carboxylic acids is 1. The Labute approximate surface area is 119 Å². The molecular weight excluding hydrogens is 280 g/mol. The van der Waals surface area contributed by atoms with Crippen LogP contribution in [-0.2, 0) is 9.53 Å². The molecule has 0 atom stereocenters. The molecule has 1 heterocycles. The van der Waals surface area contributed by atoms with Crippen LogP contribution in [0.5, 0.6) is 5.75 Å².